The van der Waals surface area contributed by atoms with Crippen molar-refractivity contribution in [3.63, 3.8) is 0 Å². The van der Waals surface area contributed by atoms with Gasteiger partial charge in [-0.1, -0.05) is 18.6 Å². The van der Waals surface area contributed by atoms with Gasteiger partial charge in [0, 0.05) is 72.4 Å². The summed E-state index contributed by atoms with van der Waals surface area (Å²) in [6.45, 7) is 4.97. The summed E-state index contributed by atoms with van der Waals surface area (Å²) in [6.07, 6.45) is 1.11. The second-order valence-electron chi connectivity index (χ2n) is 14.8. The van der Waals surface area contributed by atoms with E-state index >= 15 is 0 Å². The molecule has 54 heavy (non-hydrogen) atoms. The fourth-order valence-electron chi connectivity index (χ4n) is 7.16. The molecular weight excluding hydrogens is 700 g/mol. The quantitative estimate of drug-likeness (QED) is 0.239. The summed E-state index contributed by atoms with van der Waals surface area (Å²) in [5.74, 6) is -3.74. The van der Waals surface area contributed by atoms with Crippen LogP contribution in [-0.2, 0) is 46.6 Å². The van der Waals surface area contributed by atoms with Gasteiger partial charge in [0.25, 0.3) is 17.7 Å². The molecular formula is C38H42N6O10. The molecule has 2 unspecified atom stereocenters. The lowest BCUT2D eigenvalue weighted by Gasteiger charge is -2.35. The molecule has 2 saturated heterocycles. The number of carbonyl (C=O) groups excluding carboxylic acids is 9. The lowest BCUT2D eigenvalue weighted by molar-refractivity contribution is -0.150. The molecule has 0 saturated carbocycles. The first kappa shape index (κ1) is 37.8. The predicted molar refractivity (Wildman–Crippen MR) is 190 cm³/mol. The number of nitrogens with zero attached hydrogens (tertiary/aromatic N) is 3. The van der Waals surface area contributed by atoms with Gasteiger partial charge in [0.1, 0.15) is 17.7 Å². The highest BCUT2D eigenvalue weighted by Gasteiger charge is 2.47. The number of benzene rings is 2. The van der Waals surface area contributed by atoms with Crippen molar-refractivity contribution in [2.45, 2.75) is 109 Å². The maximum Gasteiger partial charge on any atom is 0.424 e. The fourth-order valence-corrected chi connectivity index (χ4v) is 7.16. The summed E-state index contributed by atoms with van der Waals surface area (Å²) in [6, 6.07) is 8.06. The summed E-state index contributed by atoms with van der Waals surface area (Å²) in [4.78, 5) is 118. The Morgan fingerprint density at radius 3 is 1.78 bits per heavy atom. The SMILES string of the molecule is CC(C)(C)OC(=O)N1C(=O)CCC(N2Cc3c(NC(=O)CCCCCC(=O)Nc4cccc5c4CN(C4CCC(=O)NC4=O)C5=O)cccc3C2=O)C1=O. The van der Waals surface area contributed by atoms with Crippen molar-refractivity contribution in [2.75, 3.05) is 10.6 Å². The number of hydrogen-bond donors (Lipinski definition) is 3. The Kier molecular flexibility index (Phi) is 10.6. The predicted octanol–water partition coefficient (Wildman–Crippen LogP) is 3.38. The third-order valence-corrected chi connectivity index (χ3v) is 9.77. The molecule has 16 heteroatoms. The molecule has 0 radical (unpaired) electrons. The van der Waals surface area contributed by atoms with Gasteiger partial charge in [-0.3, -0.25) is 43.7 Å². The highest BCUT2D eigenvalue weighted by Crippen LogP contribution is 2.35. The summed E-state index contributed by atoms with van der Waals surface area (Å²) in [5, 5.41) is 8.00. The number of ether oxygens (including phenoxy) is 1. The van der Waals surface area contributed by atoms with Gasteiger partial charge < -0.3 is 25.2 Å². The molecule has 4 heterocycles. The van der Waals surface area contributed by atoms with Crippen LogP contribution in [0.4, 0.5) is 16.2 Å². The highest BCUT2D eigenvalue weighted by molar-refractivity contribution is 6.14. The van der Waals surface area contributed by atoms with Crippen LogP contribution in [0.5, 0.6) is 0 Å². The Balaban J connectivity index is 0.971. The Labute approximate surface area is 310 Å². The highest BCUT2D eigenvalue weighted by atomic mass is 16.6. The molecule has 0 aliphatic carbocycles. The van der Waals surface area contributed by atoms with E-state index in [0.717, 1.165) is 0 Å². The van der Waals surface area contributed by atoms with E-state index in [9.17, 15) is 43.2 Å². The molecule has 2 atom stereocenters. The Morgan fingerprint density at radius 2 is 1.26 bits per heavy atom. The summed E-state index contributed by atoms with van der Waals surface area (Å²) < 4.78 is 5.25. The monoisotopic (exact) mass is 742 g/mol. The van der Waals surface area contributed by atoms with E-state index in [1.54, 1.807) is 57.2 Å². The number of amides is 9. The lowest BCUT2D eigenvalue weighted by atomic mass is 10.0. The second kappa shape index (κ2) is 15.2. The molecule has 2 aromatic carbocycles. The second-order valence-corrected chi connectivity index (χ2v) is 14.8. The topological polar surface area (TPSA) is 209 Å². The molecule has 2 aromatic rings. The zero-order valence-electron chi connectivity index (χ0n) is 30.3. The van der Waals surface area contributed by atoms with Crippen LogP contribution in [0.1, 0.15) is 110 Å². The van der Waals surface area contributed by atoms with Gasteiger partial charge in [0.05, 0.1) is 0 Å². The van der Waals surface area contributed by atoms with Crippen molar-refractivity contribution in [2.24, 2.45) is 0 Å². The van der Waals surface area contributed by atoms with Gasteiger partial charge in [-0.2, -0.15) is 4.90 Å². The molecule has 6 rings (SSSR count). The number of likely N-dealkylation sites (tertiary alicyclic amines) is 1. The van der Waals surface area contributed by atoms with E-state index in [0.29, 0.717) is 57.8 Å². The van der Waals surface area contributed by atoms with E-state index in [1.165, 1.54) is 9.80 Å². The van der Waals surface area contributed by atoms with Gasteiger partial charge in [-0.25, -0.2) is 4.79 Å². The van der Waals surface area contributed by atoms with Crippen molar-refractivity contribution in [1.82, 2.24) is 20.0 Å². The van der Waals surface area contributed by atoms with Gasteiger partial charge >= 0.3 is 6.09 Å². The third kappa shape index (κ3) is 7.87. The number of imide groups is 4. The number of hydrogen-bond acceptors (Lipinski definition) is 10. The van der Waals surface area contributed by atoms with Gasteiger partial charge in [-0.15, -0.1) is 0 Å². The summed E-state index contributed by atoms with van der Waals surface area (Å²) >= 11 is 0. The van der Waals surface area contributed by atoms with Crippen LogP contribution in [0.3, 0.4) is 0 Å². The Morgan fingerprint density at radius 1 is 0.741 bits per heavy atom. The van der Waals surface area contributed by atoms with Crippen LogP contribution in [0.15, 0.2) is 36.4 Å². The fraction of sp³-hybridized carbons (Fsp3) is 0.447. The minimum Gasteiger partial charge on any atom is -0.443 e. The lowest BCUT2D eigenvalue weighted by Crippen LogP contribution is -2.57. The Hall–Kier alpha value is -5.93. The zero-order valence-corrected chi connectivity index (χ0v) is 30.3. The van der Waals surface area contributed by atoms with E-state index in [4.69, 9.17) is 4.74 Å². The molecule has 2 fully saturated rings. The van der Waals surface area contributed by atoms with E-state index in [2.05, 4.69) is 16.0 Å². The van der Waals surface area contributed by atoms with Gasteiger partial charge in [-0.05, 0) is 70.7 Å². The first-order chi connectivity index (χ1) is 25.6. The number of nitrogens with one attached hydrogen (secondary N) is 3. The van der Waals surface area contributed by atoms with Crippen LogP contribution in [-0.4, -0.2) is 85.7 Å². The number of anilines is 2. The normalized spacial score (nSPS) is 19.8. The Bertz CT molecular complexity index is 1970. The molecule has 0 bridgehead atoms. The molecule has 9 amide bonds. The van der Waals surface area contributed by atoms with E-state index < -0.39 is 47.4 Å². The van der Waals surface area contributed by atoms with E-state index in [-0.39, 0.29) is 75.2 Å². The average Bonchev–Trinajstić information content (AvgIpc) is 3.61. The van der Waals surface area contributed by atoms with Crippen molar-refractivity contribution in [1.29, 1.82) is 0 Å². The number of piperidine rings is 2. The molecule has 0 aromatic heterocycles. The van der Waals surface area contributed by atoms with Gasteiger partial charge in [0.15, 0.2) is 0 Å². The average molecular weight is 743 g/mol. The summed E-state index contributed by atoms with van der Waals surface area (Å²) in [5.41, 5.74) is 1.80. The maximum atomic E-state index is 13.4. The number of carbonyl (C=O) groups is 9. The third-order valence-electron chi connectivity index (χ3n) is 9.77. The number of unbranched alkanes of at least 4 members (excludes halogenated alkanes) is 2. The molecule has 16 nitrogen and oxygen atoms in total. The number of fused-ring (bicyclic) bond motifs is 2. The van der Waals surface area contributed by atoms with Crippen molar-refractivity contribution >= 4 is 64.7 Å². The molecule has 3 N–H and O–H groups in total. The summed E-state index contributed by atoms with van der Waals surface area (Å²) in [7, 11) is 0. The first-order valence-corrected chi connectivity index (χ1v) is 18.0. The van der Waals surface area contributed by atoms with Crippen LogP contribution in [0.2, 0.25) is 0 Å². The van der Waals surface area contributed by atoms with Crippen molar-refractivity contribution < 1.29 is 47.9 Å². The molecule has 284 valence electrons. The van der Waals surface area contributed by atoms with Gasteiger partial charge in [0.2, 0.25) is 29.5 Å². The van der Waals surface area contributed by atoms with Crippen LogP contribution >= 0.6 is 0 Å². The van der Waals surface area contributed by atoms with Crippen molar-refractivity contribution in [3.05, 3.63) is 58.7 Å². The van der Waals surface area contributed by atoms with Crippen LogP contribution in [0, 0.1) is 0 Å². The minimum absolute atomic E-state index is 0.000221. The smallest absolute Gasteiger partial charge is 0.424 e. The van der Waals surface area contributed by atoms with E-state index in [1.807, 2.05) is 0 Å². The minimum atomic E-state index is -1.09. The largest absolute Gasteiger partial charge is 0.443 e. The zero-order chi connectivity index (χ0) is 38.9. The molecule has 4 aliphatic heterocycles. The maximum absolute atomic E-state index is 13.4. The van der Waals surface area contributed by atoms with Crippen molar-refractivity contribution in [3.8, 4) is 0 Å². The number of rotatable bonds is 10. The standard InChI is InChI=1S/C38H42N6O10/c1-38(2,3)54-37(53)44-32(48)18-16-28(36(44)52)43-20-24-22(35(43)51)10-8-12-26(24)40-30(46)14-6-4-5-13-29(45)39-25-11-7-9-21-23(25)19-42(34(21)50)27-15-17-31(47)41-33(27)49/h7-12,27-28H,4-6,13-20H2,1-3H3,(H,39,45)(H,40,46)(H,41,47,49). The van der Waals surface area contributed by atoms with Crippen LogP contribution < -0.4 is 16.0 Å². The van der Waals surface area contributed by atoms with Crippen LogP contribution in [0.25, 0.3) is 0 Å². The first-order valence-electron chi connectivity index (χ1n) is 18.0. The molecule has 4 aliphatic rings. The molecule has 0 spiro atoms.